The highest BCUT2D eigenvalue weighted by Gasteiger charge is 2.33. The van der Waals surface area contributed by atoms with E-state index in [-0.39, 0.29) is 17.9 Å². The van der Waals surface area contributed by atoms with Gasteiger partial charge < -0.3 is 9.94 Å². The monoisotopic (exact) mass is 372 g/mol. The topological polar surface area (TPSA) is 124 Å². The largest absolute Gasteiger partial charge is 0.442 e. The maximum Gasteiger partial charge on any atom is 0.414 e. The first-order chi connectivity index (χ1) is 13.1. The first-order valence-electron chi connectivity index (χ1n) is 7.86. The van der Waals surface area contributed by atoms with Gasteiger partial charge in [-0.3, -0.25) is 4.90 Å². The average Bonchev–Trinajstić information content (AvgIpc) is 3.38. The molecule has 11 nitrogen and oxygen atoms in total. The number of oxime groups is 1. The molecule has 1 aliphatic heterocycles. The molecule has 4 rings (SSSR count). The minimum absolute atomic E-state index is 0.135. The van der Waals surface area contributed by atoms with Crippen molar-refractivity contribution >= 4 is 18.0 Å². The van der Waals surface area contributed by atoms with Crippen LogP contribution in [0.25, 0.3) is 5.69 Å². The number of amides is 1. The fourth-order valence-corrected chi connectivity index (χ4v) is 2.73. The molecule has 138 valence electrons. The molecule has 3 heterocycles. The Morgan fingerprint density at radius 2 is 2.30 bits per heavy atom. The second-order valence-corrected chi connectivity index (χ2v) is 5.71. The summed E-state index contributed by atoms with van der Waals surface area (Å²) in [7, 11) is 0. The van der Waals surface area contributed by atoms with Gasteiger partial charge in [0.2, 0.25) is 0 Å². The number of aromatic nitrogens is 6. The number of rotatable bonds is 5. The molecule has 2 aromatic heterocycles. The second-order valence-electron chi connectivity index (χ2n) is 5.71. The van der Waals surface area contributed by atoms with Crippen molar-refractivity contribution in [2.45, 2.75) is 12.6 Å². The zero-order valence-electron chi connectivity index (χ0n) is 13.8. The van der Waals surface area contributed by atoms with Crippen LogP contribution in [0.5, 0.6) is 0 Å². The fraction of sp³-hybridized carbons (Fsp3) is 0.200. The highest BCUT2D eigenvalue weighted by atomic mass is 19.1. The van der Waals surface area contributed by atoms with Gasteiger partial charge in [0, 0.05) is 6.20 Å². The lowest BCUT2D eigenvalue weighted by Crippen LogP contribution is -2.26. The number of hydrogen-bond acceptors (Lipinski definition) is 8. The third kappa shape index (κ3) is 3.31. The van der Waals surface area contributed by atoms with Gasteiger partial charge in [-0.25, -0.2) is 18.5 Å². The molecule has 1 atom stereocenters. The number of benzene rings is 1. The SMILES string of the molecule is O=C1OC(Cn2ccnn2)CN1c1ccc(-n2cc(C=NO)nn2)c(F)c1. The van der Waals surface area contributed by atoms with Gasteiger partial charge in [-0.05, 0) is 18.2 Å². The van der Waals surface area contributed by atoms with Crippen LogP contribution in [-0.2, 0) is 11.3 Å². The summed E-state index contributed by atoms with van der Waals surface area (Å²) in [5, 5.41) is 26.4. The van der Waals surface area contributed by atoms with Crippen molar-refractivity contribution in [1.82, 2.24) is 30.0 Å². The summed E-state index contributed by atoms with van der Waals surface area (Å²) in [6.45, 7) is 0.620. The summed E-state index contributed by atoms with van der Waals surface area (Å²) >= 11 is 0. The third-order valence-corrected chi connectivity index (χ3v) is 3.93. The maximum absolute atomic E-state index is 14.5. The van der Waals surface area contributed by atoms with E-state index < -0.39 is 18.0 Å². The number of cyclic esters (lactones) is 1. The summed E-state index contributed by atoms with van der Waals surface area (Å²) in [4.78, 5) is 13.5. The smallest absolute Gasteiger partial charge is 0.414 e. The lowest BCUT2D eigenvalue weighted by molar-refractivity contribution is 0.129. The van der Waals surface area contributed by atoms with Crippen LogP contribution in [0.4, 0.5) is 14.9 Å². The highest BCUT2D eigenvalue weighted by molar-refractivity contribution is 5.89. The average molecular weight is 372 g/mol. The van der Waals surface area contributed by atoms with E-state index >= 15 is 0 Å². The maximum atomic E-state index is 14.5. The molecule has 1 unspecified atom stereocenters. The number of carbonyl (C=O) groups is 1. The van der Waals surface area contributed by atoms with Crippen LogP contribution in [0.2, 0.25) is 0 Å². The zero-order chi connectivity index (χ0) is 18.8. The number of anilines is 1. The van der Waals surface area contributed by atoms with E-state index in [1.54, 1.807) is 16.9 Å². The van der Waals surface area contributed by atoms with Crippen molar-refractivity contribution in [3.05, 3.63) is 48.3 Å². The van der Waals surface area contributed by atoms with Gasteiger partial charge in [0.25, 0.3) is 0 Å². The van der Waals surface area contributed by atoms with E-state index in [9.17, 15) is 9.18 Å². The van der Waals surface area contributed by atoms with Crippen LogP contribution in [-0.4, -0.2) is 60.2 Å². The van der Waals surface area contributed by atoms with Gasteiger partial charge >= 0.3 is 6.09 Å². The number of hydrogen-bond donors (Lipinski definition) is 1. The van der Waals surface area contributed by atoms with Gasteiger partial charge in [0.05, 0.1) is 37.4 Å². The number of carbonyl (C=O) groups excluding carboxylic acids is 1. The molecule has 1 fully saturated rings. The number of ether oxygens (including phenoxy) is 1. The van der Waals surface area contributed by atoms with Crippen LogP contribution in [0.1, 0.15) is 5.69 Å². The second kappa shape index (κ2) is 6.82. The molecule has 3 aromatic rings. The van der Waals surface area contributed by atoms with E-state index in [0.29, 0.717) is 12.2 Å². The Balaban J connectivity index is 1.52. The Hall–Kier alpha value is -3.83. The van der Waals surface area contributed by atoms with Crippen molar-refractivity contribution < 1.29 is 19.1 Å². The van der Waals surface area contributed by atoms with Gasteiger partial charge in [0.1, 0.15) is 17.5 Å². The lowest BCUT2D eigenvalue weighted by Gasteiger charge is -2.14. The molecule has 0 spiro atoms. The summed E-state index contributed by atoms with van der Waals surface area (Å²) < 4.78 is 22.6. The summed E-state index contributed by atoms with van der Waals surface area (Å²) in [5.41, 5.74) is 0.759. The number of halogens is 1. The van der Waals surface area contributed by atoms with Crippen molar-refractivity contribution in [3.63, 3.8) is 0 Å². The summed E-state index contributed by atoms with van der Waals surface area (Å²) in [5.74, 6) is -0.600. The van der Waals surface area contributed by atoms with Gasteiger partial charge in [-0.1, -0.05) is 15.6 Å². The minimum atomic E-state index is -0.600. The molecule has 1 N–H and O–H groups in total. The van der Waals surface area contributed by atoms with Crippen molar-refractivity contribution in [2.24, 2.45) is 5.16 Å². The molecule has 27 heavy (non-hydrogen) atoms. The quantitative estimate of drug-likeness (QED) is 0.400. The Kier molecular flexibility index (Phi) is 4.20. The Morgan fingerprint density at radius 3 is 3.04 bits per heavy atom. The van der Waals surface area contributed by atoms with E-state index in [4.69, 9.17) is 9.94 Å². The van der Waals surface area contributed by atoms with Crippen LogP contribution < -0.4 is 4.90 Å². The number of nitrogens with zero attached hydrogens (tertiary/aromatic N) is 8. The predicted octanol–water partition coefficient (Wildman–Crippen LogP) is 0.831. The van der Waals surface area contributed by atoms with Crippen LogP contribution in [0.15, 0.2) is 41.9 Å². The highest BCUT2D eigenvalue weighted by Crippen LogP contribution is 2.25. The molecule has 0 saturated carbocycles. The molecule has 1 saturated heterocycles. The normalized spacial score (nSPS) is 17.0. The summed E-state index contributed by atoms with van der Waals surface area (Å²) in [6, 6.07) is 4.27. The van der Waals surface area contributed by atoms with Crippen molar-refractivity contribution in [2.75, 3.05) is 11.4 Å². The van der Waals surface area contributed by atoms with E-state index in [0.717, 1.165) is 6.21 Å². The van der Waals surface area contributed by atoms with Crippen LogP contribution in [0.3, 0.4) is 0 Å². The van der Waals surface area contributed by atoms with Crippen LogP contribution >= 0.6 is 0 Å². The molecular weight excluding hydrogens is 359 g/mol. The van der Waals surface area contributed by atoms with E-state index in [2.05, 4.69) is 25.8 Å². The van der Waals surface area contributed by atoms with Gasteiger partial charge in [-0.2, -0.15) is 0 Å². The predicted molar refractivity (Wildman–Crippen MR) is 88.3 cm³/mol. The molecular formula is C15H13FN8O3. The van der Waals surface area contributed by atoms with Crippen molar-refractivity contribution in [1.29, 1.82) is 0 Å². The van der Waals surface area contributed by atoms with E-state index in [1.807, 2.05) is 0 Å². The molecule has 1 aromatic carbocycles. The Bertz CT molecular complexity index is 987. The Morgan fingerprint density at radius 1 is 1.41 bits per heavy atom. The van der Waals surface area contributed by atoms with E-state index in [1.165, 1.54) is 34.1 Å². The minimum Gasteiger partial charge on any atom is -0.442 e. The molecule has 0 aliphatic carbocycles. The standard InChI is InChI=1S/C15H13FN8O3/c16-13-5-11(1-2-14(13)24-7-10(6-18-26)19-21-24)23-9-12(27-15(23)25)8-22-4-3-17-20-22/h1-7,12,26H,8-9H2. The molecule has 0 bridgehead atoms. The molecule has 1 amide bonds. The zero-order valence-corrected chi connectivity index (χ0v) is 13.8. The molecule has 0 radical (unpaired) electrons. The van der Waals surface area contributed by atoms with Crippen molar-refractivity contribution in [3.8, 4) is 5.69 Å². The van der Waals surface area contributed by atoms with Crippen LogP contribution in [0, 0.1) is 5.82 Å². The fourth-order valence-electron chi connectivity index (χ4n) is 2.73. The third-order valence-electron chi connectivity index (χ3n) is 3.93. The molecule has 1 aliphatic rings. The first-order valence-corrected chi connectivity index (χ1v) is 7.86. The Labute approximate surface area is 151 Å². The first kappa shape index (κ1) is 16.6. The molecule has 12 heteroatoms. The van der Waals surface area contributed by atoms with Gasteiger partial charge in [0.15, 0.2) is 5.82 Å². The lowest BCUT2D eigenvalue weighted by atomic mass is 10.2. The van der Waals surface area contributed by atoms with Gasteiger partial charge in [-0.15, -0.1) is 10.2 Å². The summed E-state index contributed by atoms with van der Waals surface area (Å²) in [6.07, 6.45) is 4.69.